The average Bonchev–Trinajstić information content (AvgIpc) is 1.85. The van der Waals surface area contributed by atoms with Crippen LogP contribution in [0.5, 0.6) is 0 Å². The van der Waals surface area contributed by atoms with Gasteiger partial charge in [0.15, 0.2) is 0 Å². The molecule has 1 amide bonds. The summed E-state index contributed by atoms with van der Waals surface area (Å²) in [6.07, 6.45) is 0. The molecular formula is C6H13IN2O. The van der Waals surface area contributed by atoms with Crippen molar-refractivity contribution in [3.63, 3.8) is 0 Å². The molecular weight excluding hydrogens is 243 g/mol. The Labute approximate surface area is 75.4 Å². The van der Waals surface area contributed by atoms with Crippen LogP contribution in [0.25, 0.3) is 0 Å². The SMILES string of the molecule is CC(C)NC(=O)[C@@H](C)NI. The van der Waals surface area contributed by atoms with Crippen molar-refractivity contribution in [2.45, 2.75) is 32.9 Å². The van der Waals surface area contributed by atoms with Crippen LogP contribution >= 0.6 is 22.9 Å². The molecule has 0 fully saturated rings. The highest BCUT2D eigenvalue weighted by Gasteiger charge is 2.10. The number of carbonyl (C=O) groups excluding carboxylic acids is 1. The van der Waals surface area contributed by atoms with E-state index in [0.29, 0.717) is 0 Å². The van der Waals surface area contributed by atoms with E-state index in [0.717, 1.165) is 0 Å². The summed E-state index contributed by atoms with van der Waals surface area (Å²) in [7, 11) is 0. The monoisotopic (exact) mass is 256 g/mol. The van der Waals surface area contributed by atoms with E-state index in [9.17, 15) is 4.79 Å². The Morgan fingerprint density at radius 3 is 2.20 bits per heavy atom. The number of hydrogen-bond acceptors (Lipinski definition) is 2. The first-order chi connectivity index (χ1) is 4.57. The Bertz CT molecular complexity index is 116. The van der Waals surface area contributed by atoms with Gasteiger partial charge in [0.05, 0.1) is 6.04 Å². The molecule has 0 aromatic rings. The minimum Gasteiger partial charge on any atom is -0.353 e. The lowest BCUT2D eigenvalue weighted by molar-refractivity contribution is -0.122. The van der Waals surface area contributed by atoms with E-state index >= 15 is 0 Å². The topological polar surface area (TPSA) is 41.1 Å². The highest BCUT2D eigenvalue weighted by molar-refractivity contribution is 14.1. The molecule has 0 aliphatic carbocycles. The van der Waals surface area contributed by atoms with E-state index in [-0.39, 0.29) is 18.0 Å². The Morgan fingerprint density at radius 2 is 1.90 bits per heavy atom. The van der Waals surface area contributed by atoms with E-state index in [1.54, 1.807) is 0 Å². The number of carbonyl (C=O) groups is 1. The molecule has 0 aliphatic heterocycles. The molecule has 0 aromatic carbocycles. The first-order valence-electron chi connectivity index (χ1n) is 3.24. The molecule has 0 saturated heterocycles. The molecule has 0 aromatic heterocycles. The van der Waals surface area contributed by atoms with Crippen molar-refractivity contribution in [1.82, 2.24) is 8.85 Å². The average molecular weight is 256 g/mol. The van der Waals surface area contributed by atoms with Crippen molar-refractivity contribution in [2.24, 2.45) is 0 Å². The third-order valence-corrected chi connectivity index (χ3v) is 1.92. The number of hydrogen-bond donors (Lipinski definition) is 2. The largest absolute Gasteiger partial charge is 0.353 e. The molecule has 4 heteroatoms. The predicted octanol–water partition coefficient (Wildman–Crippen LogP) is 0.839. The van der Waals surface area contributed by atoms with Crippen molar-refractivity contribution < 1.29 is 4.79 Å². The summed E-state index contributed by atoms with van der Waals surface area (Å²) in [6, 6.07) is 0.114. The van der Waals surface area contributed by atoms with Gasteiger partial charge in [-0.3, -0.25) is 4.79 Å². The van der Waals surface area contributed by atoms with Gasteiger partial charge in [-0.2, -0.15) is 0 Å². The lowest BCUT2D eigenvalue weighted by Crippen LogP contribution is -2.41. The molecule has 0 heterocycles. The van der Waals surface area contributed by atoms with Crippen LogP contribution in [0.4, 0.5) is 0 Å². The summed E-state index contributed by atoms with van der Waals surface area (Å²) < 4.78 is 2.83. The smallest absolute Gasteiger partial charge is 0.237 e. The van der Waals surface area contributed by atoms with Gasteiger partial charge < -0.3 is 5.32 Å². The van der Waals surface area contributed by atoms with Gasteiger partial charge in [-0.05, 0) is 20.8 Å². The van der Waals surface area contributed by atoms with Crippen LogP contribution < -0.4 is 8.85 Å². The van der Waals surface area contributed by atoms with Crippen molar-refractivity contribution in [3.8, 4) is 0 Å². The molecule has 2 N–H and O–H groups in total. The quantitative estimate of drug-likeness (QED) is 0.580. The van der Waals surface area contributed by atoms with Crippen molar-refractivity contribution in [2.75, 3.05) is 0 Å². The van der Waals surface area contributed by atoms with Crippen LogP contribution in [0.3, 0.4) is 0 Å². The second-order valence-electron chi connectivity index (χ2n) is 2.49. The molecule has 0 aliphatic rings. The van der Waals surface area contributed by atoms with Gasteiger partial charge in [0.25, 0.3) is 0 Å². The lowest BCUT2D eigenvalue weighted by Gasteiger charge is -2.12. The standard InChI is InChI=1S/C6H13IN2O/c1-4(2)8-6(10)5(3)9-7/h4-5,9H,1-3H3,(H,8,10)/t5-/m1/s1. The molecule has 10 heavy (non-hydrogen) atoms. The maximum atomic E-state index is 11.0. The normalized spacial score (nSPS) is 13.3. The Hall–Kier alpha value is 0.160. The number of rotatable bonds is 3. The summed E-state index contributed by atoms with van der Waals surface area (Å²) in [5.41, 5.74) is 0. The summed E-state index contributed by atoms with van der Waals surface area (Å²) in [4.78, 5) is 11.0. The van der Waals surface area contributed by atoms with Crippen LogP contribution in [0, 0.1) is 0 Å². The molecule has 0 unspecified atom stereocenters. The molecule has 60 valence electrons. The van der Waals surface area contributed by atoms with E-state index in [1.165, 1.54) is 0 Å². The van der Waals surface area contributed by atoms with Crippen LogP contribution in [0.2, 0.25) is 0 Å². The minimum atomic E-state index is -0.108. The van der Waals surface area contributed by atoms with E-state index in [4.69, 9.17) is 0 Å². The van der Waals surface area contributed by atoms with Crippen LogP contribution in [-0.4, -0.2) is 18.0 Å². The molecule has 0 spiro atoms. The van der Waals surface area contributed by atoms with Gasteiger partial charge in [0, 0.05) is 28.9 Å². The van der Waals surface area contributed by atoms with Gasteiger partial charge in [0.1, 0.15) is 0 Å². The number of halogens is 1. The van der Waals surface area contributed by atoms with Gasteiger partial charge in [0.2, 0.25) is 5.91 Å². The Morgan fingerprint density at radius 1 is 1.40 bits per heavy atom. The molecule has 0 bridgehead atoms. The summed E-state index contributed by atoms with van der Waals surface area (Å²) in [5.74, 6) is 0.0457. The predicted molar refractivity (Wildman–Crippen MR) is 49.9 cm³/mol. The van der Waals surface area contributed by atoms with Crippen LogP contribution in [0.1, 0.15) is 20.8 Å². The third kappa shape index (κ3) is 4.05. The van der Waals surface area contributed by atoms with Crippen LogP contribution in [0.15, 0.2) is 0 Å². The summed E-state index contributed by atoms with van der Waals surface area (Å²) in [6.45, 7) is 5.71. The minimum absolute atomic E-state index is 0.0457. The van der Waals surface area contributed by atoms with Gasteiger partial charge in [-0.25, -0.2) is 3.53 Å². The molecule has 0 saturated carbocycles. The number of amides is 1. The van der Waals surface area contributed by atoms with Gasteiger partial charge in [-0.1, -0.05) is 0 Å². The molecule has 1 atom stereocenters. The van der Waals surface area contributed by atoms with E-state index < -0.39 is 0 Å². The molecule has 0 rings (SSSR count). The second kappa shape index (κ2) is 4.90. The Balaban J connectivity index is 3.62. The van der Waals surface area contributed by atoms with Gasteiger partial charge >= 0.3 is 0 Å². The third-order valence-electron chi connectivity index (χ3n) is 0.988. The number of nitrogens with one attached hydrogen (secondary N) is 2. The van der Waals surface area contributed by atoms with Gasteiger partial charge in [-0.15, -0.1) is 0 Å². The fourth-order valence-corrected chi connectivity index (χ4v) is 0.742. The first kappa shape index (κ1) is 10.2. The van der Waals surface area contributed by atoms with Crippen molar-refractivity contribution in [1.29, 1.82) is 0 Å². The fourth-order valence-electron chi connectivity index (χ4n) is 0.459. The second-order valence-corrected chi connectivity index (χ2v) is 3.12. The summed E-state index contributed by atoms with van der Waals surface area (Å²) in [5, 5.41) is 2.79. The Kier molecular flexibility index (Phi) is 4.98. The maximum Gasteiger partial charge on any atom is 0.237 e. The highest BCUT2D eigenvalue weighted by Crippen LogP contribution is 1.86. The maximum absolute atomic E-state index is 11.0. The zero-order valence-corrected chi connectivity index (χ0v) is 8.60. The van der Waals surface area contributed by atoms with Crippen LogP contribution in [-0.2, 0) is 4.79 Å². The first-order valence-corrected chi connectivity index (χ1v) is 4.32. The van der Waals surface area contributed by atoms with Crippen molar-refractivity contribution >= 4 is 28.8 Å². The zero-order chi connectivity index (χ0) is 8.15. The fraction of sp³-hybridized carbons (Fsp3) is 0.833. The van der Waals surface area contributed by atoms with E-state index in [2.05, 4.69) is 8.85 Å². The molecule has 0 radical (unpaired) electrons. The summed E-state index contributed by atoms with van der Waals surface area (Å²) >= 11 is 1.96. The zero-order valence-electron chi connectivity index (χ0n) is 6.44. The van der Waals surface area contributed by atoms with Crippen molar-refractivity contribution in [3.05, 3.63) is 0 Å². The molecule has 3 nitrogen and oxygen atoms in total. The highest BCUT2D eigenvalue weighted by atomic mass is 127. The lowest BCUT2D eigenvalue weighted by atomic mass is 10.3. The van der Waals surface area contributed by atoms with E-state index in [1.807, 2.05) is 43.6 Å².